The van der Waals surface area contributed by atoms with E-state index >= 15 is 0 Å². The van der Waals surface area contributed by atoms with E-state index in [0.29, 0.717) is 5.69 Å². The van der Waals surface area contributed by atoms with E-state index in [1.807, 2.05) is 18.2 Å². The fourth-order valence-corrected chi connectivity index (χ4v) is 0.988. The number of hydrogen-bond donors (Lipinski definition) is 0. The minimum atomic E-state index is 0.344. The fraction of sp³-hybridized carbons (Fsp3) is 0. The third-order valence-electron chi connectivity index (χ3n) is 1.47. The zero-order valence-corrected chi connectivity index (χ0v) is 5.69. The summed E-state index contributed by atoms with van der Waals surface area (Å²) in [6.45, 7) is 0. The number of rotatable bonds is 1. The van der Waals surface area contributed by atoms with Crippen LogP contribution in [0.2, 0.25) is 0 Å². The summed E-state index contributed by atoms with van der Waals surface area (Å²) in [4.78, 5) is 10.2. The van der Waals surface area contributed by atoms with E-state index in [-0.39, 0.29) is 0 Å². The van der Waals surface area contributed by atoms with Gasteiger partial charge in [-0.05, 0) is 18.2 Å². The average molecular weight is 145 g/mol. The highest BCUT2D eigenvalue weighted by Gasteiger charge is 1.97. The maximum atomic E-state index is 10.2. The molecule has 53 valence electrons. The van der Waals surface area contributed by atoms with Gasteiger partial charge in [0, 0.05) is 6.20 Å². The van der Waals surface area contributed by atoms with Gasteiger partial charge in [-0.3, -0.25) is 4.79 Å². The van der Waals surface area contributed by atoms with E-state index in [1.54, 1.807) is 23.1 Å². The highest BCUT2D eigenvalue weighted by molar-refractivity contribution is 5.75. The number of carbonyl (C=O) groups excluding carboxylic acids is 1. The molecule has 0 aliphatic carbocycles. The van der Waals surface area contributed by atoms with Crippen LogP contribution in [0.5, 0.6) is 0 Å². The van der Waals surface area contributed by atoms with Gasteiger partial charge in [0.2, 0.25) is 0 Å². The summed E-state index contributed by atoms with van der Waals surface area (Å²) in [6, 6.07) is 7.32. The van der Waals surface area contributed by atoms with Gasteiger partial charge in [0.1, 0.15) is 5.69 Å². The largest absolute Gasteiger partial charge is 0.283 e. The van der Waals surface area contributed by atoms with Crippen LogP contribution >= 0.6 is 0 Å². The molecule has 0 fully saturated rings. The maximum Gasteiger partial charge on any atom is 0.255 e. The molecular weight excluding hydrogens is 140 g/mol. The minimum Gasteiger partial charge on any atom is -0.283 e. The second kappa shape index (κ2) is 2.20. The highest BCUT2D eigenvalue weighted by atomic mass is 16.1. The van der Waals surface area contributed by atoms with E-state index < -0.39 is 0 Å². The van der Waals surface area contributed by atoms with Crippen molar-refractivity contribution in [1.29, 1.82) is 0 Å². The van der Waals surface area contributed by atoms with Gasteiger partial charge in [-0.25, -0.2) is 4.52 Å². The first-order chi connectivity index (χ1) is 5.40. The van der Waals surface area contributed by atoms with Gasteiger partial charge < -0.3 is 0 Å². The van der Waals surface area contributed by atoms with Crippen LogP contribution in [-0.4, -0.2) is 15.9 Å². The molecule has 0 spiro atoms. The van der Waals surface area contributed by atoms with E-state index in [1.165, 1.54) is 0 Å². The van der Waals surface area contributed by atoms with Crippen molar-refractivity contribution >= 4 is 11.8 Å². The van der Waals surface area contributed by atoms with Crippen molar-refractivity contribution in [3.05, 3.63) is 36.2 Å². The second-order valence-corrected chi connectivity index (χ2v) is 2.20. The van der Waals surface area contributed by atoms with Gasteiger partial charge in [-0.1, -0.05) is 6.07 Å². The summed E-state index contributed by atoms with van der Waals surface area (Å²) in [6.07, 6.45) is 3.52. The molecule has 3 heteroatoms. The molecule has 1 radical (unpaired) electrons. The van der Waals surface area contributed by atoms with Crippen molar-refractivity contribution in [2.75, 3.05) is 0 Å². The predicted molar refractivity (Wildman–Crippen MR) is 40.0 cm³/mol. The average Bonchev–Trinajstić information content (AvgIpc) is 2.46. The van der Waals surface area contributed by atoms with Crippen molar-refractivity contribution < 1.29 is 4.79 Å². The second-order valence-electron chi connectivity index (χ2n) is 2.20. The monoisotopic (exact) mass is 145 g/mol. The molecule has 0 aliphatic rings. The molecule has 0 saturated carbocycles. The molecule has 2 rings (SSSR count). The maximum absolute atomic E-state index is 10.2. The number of hydrogen-bond acceptors (Lipinski definition) is 2. The van der Waals surface area contributed by atoms with Crippen LogP contribution in [0.15, 0.2) is 30.5 Å². The minimum absolute atomic E-state index is 0.344. The Labute approximate surface area is 63.3 Å². The van der Waals surface area contributed by atoms with E-state index in [0.717, 1.165) is 5.52 Å². The van der Waals surface area contributed by atoms with Crippen LogP contribution in [0.4, 0.5) is 0 Å². The Hall–Kier alpha value is -1.64. The highest BCUT2D eigenvalue weighted by Crippen LogP contribution is 2.02. The number of aromatic nitrogens is 2. The van der Waals surface area contributed by atoms with Crippen molar-refractivity contribution in [1.82, 2.24) is 9.61 Å². The van der Waals surface area contributed by atoms with Gasteiger partial charge in [-0.15, -0.1) is 0 Å². The zero-order chi connectivity index (χ0) is 7.68. The van der Waals surface area contributed by atoms with Crippen LogP contribution in [0, 0.1) is 0 Å². The molecular formula is C8H5N2O. The molecule has 0 bridgehead atoms. The first kappa shape index (κ1) is 6.09. The number of nitrogens with zero attached hydrogens (tertiary/aromatic N) is 2. The van der Waals surface area contributed by atoms with Gasteiger partial charge in [0.05, 0.1) is 5.52 Å². The molecule has 11 heavy (non-hydrogen) atoms. The Balaban J connectivity index is 2.78. The first-order valence-corrected chi connectivity index (χ1v) is 3.23. The molecule has 0 unspecified atom stereocenters. The zero-order valence-electron chi connectivity index (χ0n) is 5.69. The predicted octanol–water partition coefficient (Wildman–Crippen LogP) is 0.792. The lowest BCUT2D eigenvalue weighted by atomic mass is 10.4. The van der Waals surface area contributed by atoms with E-state index in [9.17, 15) is 4.79 Å². The third-order valence-corrected chi connectivity index (χ3v) is 1.47. The summed E-state index contributed by atoms with van der Waals surface area (Å²) in [5.41, 5.74) is 1.25. The smallest absolute Gasteiger partial charge is 0.255 e. The van der Waals surface area contributed by atoms with Crippen molar-refractivity contribution in [3.63, 3.8) is 0 Å². The van der Waals surface area contributed by atoms with Crippen molar-refractivity contribution in [2.24, 2.45) is 0 Å². The Morgan fingerprint density at radius 1 is 1.45 bits per heavy atom. The summed E-state index contributed by atoms with van der Waals surface area (Å²) in [7, 11) is 0. The molecule has 2 aromatic heterocycles. The summed E-state index contributed by atoms with van der Waals surface area (Å²) in [5, 5.41) is 3.92. The summed E-state index contributed by atoms with van der Waals surface area (Å²) < 4.78 is 1.64. The van der Waals surface area contributed by atoms with Gasteiger partial charge in [-0.2, -0.15) is 5.10 Å². The Morgan fingerprint density at radius 2 is 2.36 bits per heavy atom. The van der Waals surface area contributed by atoms with Gasteiger partial charge in [0.25, 0.3) is 6.29 Å². The Morgan fingerprint density at radius 3 is 3.09 bits per heavy atom. The fourth-order valence-electron chi connectivity index (χ4n) is 0.988. The Bertz CT molecular complexity index is 359. The molecule has 0 N–H and O–H groups in total. The topological polar surface area (TPSA) is 34.4 Å². The molecule has 0 aromatic carbocycles. The van der Waals surface area contributed by atoms with Crippen LogP contribution in [0.1, 0.15) is 5.69 Å². The van der Waals surface area contributed by atoms with Crippen LogP contribution in [-0.2, 0) is 4.79 Å². The molecule has 0 atom stereocenters. The SMILES string of the molecule is O=[C]c1cc2ccccn2n1. The molecule has 3 nitrogen and oxygen atoms in total. The van der Waals surface area contributed by atoms with E-state index in [2.05, 4.69) is 5.10 Å². The lowest BCUT2D eigenvalue weighted by molar-refractivity contribution is 0.561. The van der Waals surface area contributed by atoms with Crippen LogP contribution in [0.25, 0.3) is 5.52 Å². The van der Waals surface area contributed by atoms with Crippen molar-refractivity contribution in [3.8, 4) is 0 Å². The molecule has 0 saturated heterocycles. The number of pyridine rings is 1. The normalized spacial score (nSPS) is 10.2. The van der Waals surface area contributed by atoms with Gasteiger partial charge in [0.15, 0.2) is 0 Å². The Kier molecular flexibility index (Phi) is 1.22. The molecule has 0 amide bonds. The van der Waals surface area contributed by atoms with Crippen LogP contribution in [0.3, 0.4) is 0 Å². The quantitative estimate of drug-likeness (QED) is 0.594. The van der Waals surface area contributed by atoms with Crippen molar-refractivity contribution in [2.45, 2.75) is 0 Å². The lowest BCUT2D eigenvalue weighted by Crippen LogP contribution is -1.85. The van der Waals surface area contributed by atoms with E-state index in [4.69, 9.17) is 0 Å². The molecule has 2 aromatic rings. The third kappa shape index (κ3) is 0.902. The van der Waals surface area contributed by atoms with Gasteiger partial charge >= 0.3 is 0 Å². The number of fused-ring (bicyclic) bond motifs is 1. The molecule has 2 heterocycles. The lowest BCUT2D eigenvalue weighted by Gasteiger charge is -1.86. The summed E-state index contributed by atoms with van der Waals surface area (Å²) in [5.74, 6) is 0. The summed E-state index contributed by atoms with van der Waals surface area (Å²) >= 11 is 0. The van der Waals surface area contributed by atoms with Crippen LogP contribution < -0.4 is 0 Å². The first-order valence-electron chi connectivity index (χ1n) is 3.23. The standard InChI is InChI=1S/C8H5N2O/c11-6-7-5-8-3-1-2-4-10(8)9-7/h1-5H. The molecule has 0 aliphatic heterocycles.